The van der Waals surface area contributed by atoms with E-state index in [1.807, 2.05) is 60.7 Å². The standard InChI is InChI=1S/C31H36N2O7S/c1-38-29(36)27(16-21-6-3-2-4-7-21)33-31(37)32-25-9-5-8-24(17-25)30-39-26(20-41-15-14-34)18-28(40-30)23-12-10-22(19-35)11-13-23/h2-13,17,26-28,30,34-35H,14-16,18-20H2,1H3,(H2,32,33,37). The Balaban J connectivity index is 1.46. The zero-order valence-corrected chi connectivity index (χ0v) is 23.7. The van der Waals surface area contributed by atoms with Crippen molar-refractivity contribution in [1.29, 1.82) is 0 Å². The number of ether oxygens (including phenoxy) is 3. The van der Waals surface area contributed by atoms with Gasteiger partial charge in [0.15, 0.2) is 6.29 Å². The molecule has 3 aromatic rings. The number of aliphatic hydroxyl groups is 2. The van der Waals surface area contributed by atoms with Gasteiger partial charge in [-0.15, -0.1) is 0 Å². The average Bonchev–Trinajstić information content (AvgIpc) is 3.01. The molecule has 4 unspecified atom stereocenters. The van der Waals surface area contributed by atoms with Crippen molar-refractivity contribution >= 4 is 29.4 Å². The number of amides is 2. The highest BCUT2D eigenvalue weighted by Crippen LogP contribution is 2.39. The van der Waals surface area contributed by atoms with Crippen LogP contribution in [0.1, 0.15) is 41.1 Å². The lowest BCUT2D eigenvalue weighted by atomic mass is 10.0. The van der Waals surface area contributed by atoms with Gasteiger partial charge in [0.25, 0.3) is 0 Å². The maximum Gasteiger partial charge on any atom is 0.328 e. The molecule has 0 aromatic heterocycles. The second kappa shape index (κ2) is 15.6. The van der Waals surface area contributed by atoms with Crippen molar-refractivity contribution in [3.05, 3.63) is 101 Å². The number of esters is 1. The van der Waals surface area contributed by atoms with Crippen molar-refractivity contribution in [2.75, 3.05) is 30.5 Å². The Morgan fingerprint density at radius 3 is 2.46 bits per heavy atom. The van der Waals surface area contributed by atoms with Crippen molar-refractivity contribution in [3.8, 4) is 0 Å². The summed E-state index contributed by atoms with van der Waals surface area (Å²) in [7, 11) is 1.29. The quantitative estimate of drug-likeness (QED) is 0.184. The Bertz CT molecular complexity index is 1260. The zero-order valence-electron chi connectivity index (χ0n) is 22.9. The van der Waals surface area contributed by atoms with Crippen molar-refractivity contribution in [1.82, 2.24) is 5.32 Å². The number of thioether (sulfide) groups is 1. The lowest BCUT2D eigenvalue weighted by Gasteiger charge is -2.36. The Kier molecular flexibility index (Phi) is 11.6. The zero-order chi connectivity index (χ0) is 29.0. The van der Waals surface area contributed by atoms with E-state index >= 15 is 0 Å². The van der Waals surface area contributed by atoms with Gasteiger partial charge in [0, 0.05) is 35.6 Å². The molecule has 4 atom stereocenters. The predicted molar refractivity (Wildman–Crippen MR) is 157 cm³/mol. The van der Waals surface area contributed by atoms with Gasteiger partial charge < -0.3 is 35.1 Å². The monoisotopic (exact) mass is 580 g/mol. The van der Waals surface area contributed by atoms with Gasteiger partial charge in [0.05, 0.1) is 32.5 Å². The molecular formula is C31H36N2O7S. The van der Waals surface area contributed by atoms with E-state index in [-0.39, 0.29) is 25.4 Å². The molecule has 4 rings (SSSR count). The number of hydrogen-bond donors (Lipinski definition) is 4. The minimum Gasteiger partial charge on any atom is -0.467 e. The number of aliphatic hydroxyl groups excluding tert-OH is 2. The Morgan fingerprint density at radius 1 is 0.976 bits per heavy atom. The number of urea groups is 1. The summed E-state index contributed by atoms with van der Waals surface area (Å²) in [5.74, 6) is 0.777. The number of nitrogens with one attached hydrogen (secondary N) is 2. The van der Waals surface area contributed by atoms with Crippen LogP contribution in [0.3, 0.4) is 0 Å². The summed E-state index contributed by atoms with van der Waals surface area (Å²) in [5.41, 5.74) is 3.93. The molecular weight excluding hydrogens is 544 g/mol. The molecule has 1 aliphatic heterocycles. The van der Waals surface area contributed by atoms with Crippen LogP contribution in [0.15, 0.2) is 78.9 Å². The predicted octanol–water partition coefficient (Wildman–Crippen LogP) is 4.36. The number of benzene rings is 3. The lowest BCUT2D eigenvalue weighted by Crippen LogP contribution is -2.45. The van der Waals surface area contributed by atoms with E-state index < -0.39 is 24.3 Å². The number of rotatable bonds is 12. The summed E-state index contributed by atoms with van der Waals surface area (Å²) < 4.78 is 17.6. The normalized spacial score (nSPS) is 19.2. The molecule has 10 heteroatoms. The Labute approximate surface area is 244 Å². The topological polar surface area (TPSA) is 126 Å². The van der Waals surface area contributed by atoms with E-state index in [2.05, 4.69) is 10.6 Å². The largest absolute Gasteiger partial charge is 0.467 e. The fourth-order valence-corrected chi connectivity index (χ4v) is 5.35. The fourth-order valence-electron chi connectivity index (χ4n) is 4.58. The Hall–Kier alpha value is -3.41. The molecule has 0 bridgehead atoms. The summed E-state index contributed by atoms with van der Waals surface area (Å²) in [6, 6.07) is 22.8. The minimum absolute atomic E-state index is 0.0298. The molecule has 1 saturated heterocycles. The number of hydrogen-bond acceptors (Lipinski definition) is 8. The summed E-state index contributed by atoms with van der Waals surface area (Å²) in [6.07, 6.45) is -0.103. The number of methoxy groups -OCH3 is 1. The highest BCUT2D eigenvalue weighted by atomic mass is 32.2. The van der Waals surface area contributed by atoms with Crippen LogP contribution in [0.2, 0.25) is 0 Å². The number of carbonyl (C=O) groups excluding carboxylic acids is 2. The third kappa shape index (κ3) is 9.04. The average molecular weight is 581 g/mol. The van der Waals surface area contributed by atoms with Gasteiger partial charge in [-0.05, 0) is 28.8 Å². The SMILES string of the molecule is COC(=O)C(Cc1ccccc1)NC(=O)Nc1cccc(C2OC(CSCCO)CC(c3ccc(CO)cc3)O2)c1. The van der Waals surface area contributed by atoms with E-state index in [9.17, 15) is 19.8 Å². The van der Waals surface area contributed by atoms with Crippen molar-refractivity contribution < 1.29 is 34.0 Å². The van der Waals surface area contributed by atoms with Crippen LogP contribution in [-0.2, 0) is 32.0 Å². The smallest absolute Gasteiger partial charge is 0.328 e. The first-order valence-corrected chi connectivity index (χ1v) is 14.6. The molecule has 1 heterocycles. The molecule has 4 N–H and O–H groups in total. The van der Waals surface area contributed by atoms with Crippen molar-refractivity contribution in [2.24, 2.45) is 0 Å². The van der Waals surface area contributed by atoms with E-state index in [4.69, 9.17) is 14.2 Å². The Morgan fingerprint density at radius 2 is 1.76 bits per heavy atom. The van der Waals surface area contributed by atoms with E-state index in [0.29, 0.717) is 30.0 Å². The minimum atomic E-state index is -0.856. The summed E-state index contributed by atoms with van der Waals surface area (Å²) in [4.78, 5) is 25.2. The van der Waals surface area contributed by atoms with Gasteiger partial charge in [-0.25, -0.2) is 9.59 Å². The van der Waals surface area contributed by atoms with E-state index in [1.54, 1.807) is 30.0 Å². The van der Waals surface area contributed by atoms with Crippen LogP contribution >= 0.6 is 11.8 Å². The highest BCUT2D eigenvalue weighted by Gasteiger charge is 2.32. The molecule has 0 spiro atoms. The molecule has 1 fully saturated rings. The second-order valence-electron chi connectivity index (χ2n) is 9.64. The summed E-state index contributed by atoms with van der Waals surface area (Å²) in [5, 5.41) is 24.1. The highest BCUT2D eigenvalue weighted by molar-refractivity contribution is 7.99. The van der Waals surface area contributed by atoms with Crippen LogP contribution in [0.25, 0.3) is 0 Å². The van der Waals surface area contributed by atoms with Crippen molar-refractivity contribution in [3.63, 3.8) is 0 Å². The number of carbonyl (C=O) groups is 2. The van der Waals surface area contributed by atoms with Crippen LogP contribution < -0.4 is 10.6 Å². The molecule has 218 valence electrons. The maximum atomic E-state index is 12.9. The molecule has 0 aliphatic carbocycles. The van der Waals surface area contributed by atoms with Crippen molar-refractivity contribution in [2.45, 2.75) is 44.0 Å². The molecule has 2 amide bonds. The lowest BCUT2D eigenvalue weighted by molar-refractivity contribution is -0.245. The van der Waals surface area contributed by atoms with Crippen LogP contribution in [-0.4, -0.2) is 59.6 Å². The molecule has 3 aromatic carbocycles. The van der Waals surface area contributed by atoms with E-state index in [0.717, 1.165) is 22.3 Å². The van der Waals surface area contributed by atoms with Gasteiger partial charge >= 0.3 is 12.0 Å². The van der Waals surface area contributed by atoms with Gasteiger partial charge in [-0.1, -0.05) is 66.7 Å². The van der Waals surface area contributed by atoms with Gasteiger partial charge in [-0.2, -0.15) is 11.8 Å². The van der Waals surface area contributed by atoms with Crippen LogP contribution in [0.5, 0.6) is 0 Å². The third-order valence-corrected chi connectivity index (χ3v) is 7.72. The second-order valence-corrected chi connectivity index (χ2v) is 10.8. The third-order valence-electron chi connectivity index (χ3n) is 6.64. The first-order chi connectivity index (χ1) is 20.0. The molecule has 0 saturated carbocycles. The molecule has 0 radical (unpaired) electrons. The van der Waals surface area contributed by atoms with Gasteiger partial charge in [0.2, 0.25) is 0 Å². The molecule has 9 nitrogen and oxygen atoms in total. The van der Waals surface area contributed by atoms with Gasteiger partial charge in [-0.3, -0.25) is 0 Å². The van der Waals surface area contributed by atoms with Crippen LogP contribution in [0, 0.1) is 0 Å². The molecule has 1 aliphatic rings. The first-order valence-electron chi connectivity index (χ1n) is 13.5. The summed E-state index contributed by atoms with van der Waals surface area (Å²) in [6.45, 7) is 0.0687. The fraction of sp³-hybridized carbons (Fsp3) is 0.355. The maximum absolute atomic E-state index is 12.9. The summed E-state index contributed by atoms with van der Waals surface area (Å²) >= 11 is 1.62. The molecule has 41 heavy (non-hydrogen) atoms. The van der Waals surface area contributed by atoms with Gasteiger partial charge in [0.1, 0.15) is 6.04 Å². The first kappa shape index (κ1) is 30.5. The number of anilines is 1. The van der Waals surface area contributed by atoms with E-state index in [1.165, 1.54) is 7.11 Å². The van der Waals surface area contributed by atoms with Crippen LogP contribution in [0.4, 0.5) is 10.5 Å².